The molecule has 0 heterocycles. The minimum absolute atomic E-state index is 0.872. The van der Waals surface area contributed by atoms with Gasteiger partial charge in [-0.3, -0.25) is 4.79 Å². The Labute approximate surface area is 82.8 Å². The molecule has 0 bridgehead atoms. The van der Waals surface area contributed by atoms with Crippen molar-refractivity contribution >= 4 is 11.9 Å². The lowest BCUT2D eigenvalue weighted by Gasteiger charge is -2.09. The molecule has 8 heteroatoms. The molecule has 0 aromatic rings. The van der Waals surface area contributed by atoms with Crippen LogP contribution in [0.4, 0.5) is 13.2 Å². The Morgan fingerprint density at radius 2 is 1.93 bits per heavy atom. The Morgan fingerprint density at radius 3 is 2.33 bits per heavy atom. The molecule has 0 rings (SSSR count). The van der Waals surface area contributed by atoms with Crippen molar-refractivity contribution in [2.45, 2.75) is 18.7 Å². The number of methoxy groups -OCH3 is 1. The maximum Gasteiger partial charge on any atom is 0.422 e. The van der Waals surface area contributed by atoms with Gasteiger partial charge in [0.25, 0.3) is 0 Å². The van der Waals surface area contributed by atoms with E-state index in [0.717, 1.165) is 7.11 Å². The van der Waals surface area contributed by atoms with Gasteiger partial charge in [-0.25, -0.2) is 4.79 Å². The van der Waals surface area contributed by atoms with Crippen LogP contribution in [0.15, 0.2) is 0 Å². The lowest BCUT2D eigenvalue weighted by Crippen LogP contribution is -2.28. The molecular weight excluding hydrogens is 221 g/mol. The van der Waals surface area contributed by atoms with E-state index in [9.17, 15) is 22.8 Å². The van der Waals surface area contributed by atoms with Gasteiger partial charge < -0.3 is 14.6 Å². The van der Waals surface area contributed by atoms with Crippen LogP contribution in [0.3, 0.4) is 0 Å². The van der Waals surface area contributed by atoms with E-state index in [4.69, 9.17) is 5.11 Å². The molecule has 0 fully saturated rings. The molecule has 1 unspecified atom stereocenters. The van der Waals surface area contributed by atoms with Crippen LogP contribution >= 0.6 is 0 Å². The average molecular weight is 230 g/mol. The summed E-state index contributed by atoms with van der Waals surface area (Å²) in [7, 11) is 0.965. The summed E-state index contributed by atoms with van der Waals surface area (Å²) in [5.41, 5.74) is 0. The Bertz CT molecular complexity index is 237. The third-order valence-electron chi connectivity index (χ3n) is 1.23. The fourth-order valence-corrected chi connectivity index (χ4v) is 0.598. The number of alkyl halides is 3. The van der Waals surface area contributed by atoms with Crippen molar-refractivity contribution in [1.29, 1.82) is 0 Å². The summed E-state index contributed by atoms with van der Waals surface area (Å²) >= 11 is 0. The van der Waals surface area contributed by atoms with Gasteiger partial charge in [0, 0.05) is 0 Å². The lowest BCUT2D eigenvalue weighted by molar-refractivity contribution is -0.188. The number of halogens is 3. The van der Waals surface area contributed by atoms with Crippen molar-refractivity contribution in [3.63, 3.8) is 0 Å². The predicted octanol–water partition coefficient (Wildman–Crippen LogP) is 0.0159. The van der Waals surface area contributed by atoms with Crippen LogP contribution in [-0.2, 0) is 19.1 Å². The van der Waals surface area contributed by atoms with E-state index in [2.05, 4.69) is 9.47 Å². The standard InChI is InChI=1S/C7H9F3O5/c1-14-6(13)4(11)2-5(12)15-3-7(8,9)10/h4,11H,2-3H2,1H3. The van der Waals surface area contributed by atoms with Crippen molar-refractivity contribution in [3.8, 4) is 0 Å². The summed E-state index contributed by atoms with van der Waals surface area (Å²) in [6.45, 7) is -1.75. The molecule has 88 valence electrons. The molecule has 1 atom stereocenters. The van der Waals surface area contributed by atoms with E-state index >= 15 is 0 Å². The van der Waals surface area contributed by atoms with Crippen LogP contribution in [0.25, 0.3) is 0 Å². The van der Waals surface area contributed by atoms with Crippen molar-refractivity contribution in [1.82, 2.24) is 0 Å². The molecule has 0 radical (unpaired) electrons. The van der Waals surface area contributed by atoms with Crippen LogP contribution in [0.1, 0.15) is 6.42 Å². The van der Waals surface area contributed by atoms with Gasteiger partial charge in [0.1, 0.15) is 0 Å². The zero-order valence-corrected chi connectivity index (χ0v) is 7.71. The summed E-state index contributed by atoms with van der Waals surface area (Å²) in [4.78, 5) is 21.2. The number of hydrogen-bond acceptors (Lipinski definition) is 5. The molecule has 0 aliphatic rings. The summed E-state index contributed by atoms with van der Waals surface area (Å²) in [5.74, 6) is -2.44. The number of hydrogen-bond donors (Lipinski definition) is 1. The first-order valence-corrected chi connectivity index (χ1v) is 3.74. The SMILES string of the molecule is COC(=O)C(O)CC(=O)OCC(F)(F)F. The van der Waals surface area contributed by atoms with E-state index in [1.54, 1.807) is 0 Å². The first-order chi connectivity index (χ1) is 6.76. The van der Waals surface area contributed by atoms with Gasteiger partial charge in [0.05, 0.1) is 13.5 Å². The summed E-state index contributed by atoms with van der Waals surface area (Å²) in [6.07, 6.45) is -7.31. The Morgan fingerprint density at radius 1 is 1.40 bits per heavy atom. The van der Waals surface area contributed by atoms with Gasteiger partial charge in [-0.15, -0.1) is 0 Å². The van der Waals surface area contributed by atoms with Gasteiger partial charge in [-0.2, -0.15) is 13.2 Å². The topological polar surface area (TPSA) is 72.8 Å². The summed E-state index contributed by atoms with van der Waals surface area (Å²) in [5, 5.41) is 8.86. The Hall–Kier alpha value is -1.31. The van der Waals surface area contributed by atoms with Gasteiger partial charge >= 0.3 is 18.1 Å². The quantitative estimate of drug-likeness (QED) is 0.689. The normalized spacial score (nSPS) is 13.1. The zero-order chi connectivity index (χ0) is 12.1. The minimum Gasteiger partial charge on any atom is -0.467 e. The van der Waals surface area contributed by atoms with Crippen molar-refractivity contribution in [2.75, 3.05) is 13.7 Å². The highest BCUT2D eigenvalue weighted by Gasteiger charge is 2.30. The number of carbonyl (C=O) groups is 2. The number of aliphatic hydroxyl groups excluding tert-OH is 1. The smallest absolute Gasteiger partial charge is 0.422 e. The van der Waals surface area contributed by atoms with Crippen molar-refractivity contribution in [3.05, 3.63) is 0 Å². The molecule has 0 spiro atoms. The van der Waals surface area contributed by atoms with Crippen LogP contribution in [0.2, 0.25) is 0 Å². The maximum atomic E-state index is 11.5. The van der Waals surface area contributed by atoms with Crippen molar-refractivity contribution < 1.29 is 37.3 Å². The van der Waals surface area contributed by atoms with E-state index < -0.39 is 37.2 Å². The first kappa shape index (κ1) is 13.7. The first-order valence-electron chi connectivity index (χ1n) is 3.74. The monoisotopic (exact) mass is 230 g/mol. The average Bonchev–Trinajstić information content (AvgIpc) is 2.12. The second kappa shape index (κ2) is 5.54. The minimum atomic E-state index is -4.63. The summed E-state index contributed by atoms with van der Waals surface area (Å²) in [6, 6.07) is 0. The second-order valence-corrected chi connectivity index (χ2v) is 2.52. The molecule has 5 nitrogen and oxygen atoms in total. The number of rotatable bonds is 4. The van der Waals surface area contributed by atoms with E-state index in [-0.39, 0.29) is 0 Å². The molecule has 0 amide bonds. The Kier molecular flexibility index (Phi) is 5.06. The number of carbonyl (C=O) groups excluding carboxylic acids is 2. The largest absolute Gasteiger partial charge is 0.467 e. The lowest BCUT2D eigenvalue weighted by atomic mass is 10.2. The zero-order valence-electron chi connectivity index (χ0n) is 7.71. The highest BCUT2D eigenvalue weighted by atomic mass is 19.4. The highest BCUT2D eigenvalue weighted by Crippen LogP contribution is 2.14. The number of aliphatic hydroxyl groups is 1. The van der Waals surface area contributed by atoms with Crippen LogP contribution in [0, 0.1) is 0 Å². The highest BCUT2D eigenvalue weighted by molar-refractivity contribution is 5.81. The van der Waals surface area contributed by atoms with Gasteiger partial charge in [-0.1, -0.05) is 0 Å². The van der Waals surface area contributed by atoms with Gasteiger partial charge in [0.2, 0.25) is 0 Å². The summed E-state index contributed by atoms with van der Waals surface area (Å²) < 4.78 is 42.4. The van der Waals surface area contributed by atoms with Crippen LogP contribution < -0.4 is 0 Å². The predicted molar refractivity (Wildman–Crippen MR) is 39.7 cm³/mol. The fourth-order valence-electron chi connectivity index (χ4n) is 0.598. The maximum absolute atomic E-state index is 11.5. The molecule has 0 aliphatic carbocycles. The van der Waals surface area contributed by atoms with Crippen molar-refractivity contribution in [2.24, 2.45) is 0 Å². The Balaban J connectivity index is 3.89. The van der Waals surface area contributed by atoms with Gasteiger partial charge in [0.15, 0.2) is 12.7 Å². The third-order valence-corrected chi connectivity index (χ3v) is 1.23. The second-order valence-electron chi connectivity index (χ2n) is 2.52. The van der Waals surface area contributed by atoms with Crippen LogP contribution in [-0.4, -0.2) is 43.0 Å². The van der Waals surface area contributed by atoms with Gasteiger partial charge in [-0.05, 0) is 0 Å². The number of ether oxygens (including phenoxy) is 2. The molecule has 0 saturated heterocycles. The molecular formula is C7H9F3O5. The molecule has 0 saturated carbocycles. The third kappa shape index (κ3) is 6.72. The molecule has 0 aliphatic heterocycles. The van der Waals surface area contributed by atoms with Crippen LogP contribution in [0.5, 0.6) is 0 Å². The van der Waals surface area contributed by atoms with E-state index in [0.29, 0.717) is 0 Å². The van der Waals surface area contributed by atoms with E-state index in [1.165, 1.54) is 0 Å². The molecule has 0 aromatic heterocycles. The fraction of sp³-hybridized carbons (Fsp3) is 0.714. The molecule has 15 heavy (non-hydrogen) atoms. The molecule has 1 N–H and O–H groups in total. The van der Waals surface area contributed by atoms with E-state index in [1.807, 2.05) is 0 Å². The number of esters is 2. The molecule has 0 aromatic carbocycles.